The zero-order valence-electron chi connectivity index (χ0n) is 12.4. The maximum atomic E-state index is 12.8. The van der Waals surface area contributed by atoms with E-state index in [4.69, 9.17) is 17.0 Å². The van der Waals surface area contributed by atoms with Crippen molar-refractivity contribution in [2.45, 2.75) is 0 Å². The van der Waals surface area contributed by atoms with Gasteiger partial charge in [-0.15, -0.1) is 0 Å². The Morgan fingerprint density at radius 3 is 2.39 bits per heavy atom. The summed E-state index contributed by atoms with van der Waals surface area (Å²) in [4.78, 5) is 11.8. The second-order valence-electron chi connectivity index (χ2n) is 4.56. The highest BCUT2D eigenvalue weighted by atomic mass is 32.1. The molecule has 0 saturated heterocycles. The van der Waals surface area contributed by atoms with Crippen LogP contribution in [-0.2, 0) is 4.79 Å². The number of carbonyl (C=O) groups is 1. The predicted molar refractivity (Wildman–Crippen MR) is 92.8 cm³/mol. The molecule has 0 aliphatic carbocycles. The predicted octanol–water partition coefficient (Wildman–Crippen LogP) is 3.36. The van der Waals surface area contributed by atoms with Crippen LogP contribution < -0.4 is 15.4 Å². The van der Waals surface area contributed by atoms with Crippen LogP contribution in [0.4, 0.5) is 10.1 Å². The van der Waals surface area contributed by atoms with Crippen LogP contribution in [0.25, 0.3) is 6.08 Å². The van der Waals surface area contributed by atoms with E-state index in [-0.39, 0.29) is 16.8 Å². The molecule has 2 rings (SSSR count). The summed E-state index contributed by atoms with van der Waals surface area (Å²) >= 11 is 5.06. The van der Waals surface area contributed by atoms with E-state index >= 15 is 0 Å². The fourth-order valence-electron chi connectivity index (χ4n) is 1.74. The summed E-state index contributed by atoms with van der Waals surface area (Å²) in [6.45, 7) is 0. The van der Waals surface area contributed by atoms with Gasteiger partial charge in [-0.1, -0.05) is 12.1 Å². The van der Waals surface area contributed by atoms with E-state index in [2.05, 4.69) is 10.6 Å². The van der Waals surface area contributed by atoms with Gasteiger partial charge in [0.15, 0.2) is 5.11 Å². The monoisotopic (exact) mass is 330 g/mol. The van der Waals surface area contributed by atoms with Crippen molar-refractivity contribution in [3.05, 3.63) is 66.0 Å². The minimum Gasteiger partial charge on any atom is -0.497 e. The normalized spacial score (nSPS) is 10.3. The van der Waals surface area contributed by atoms with E-state index in [1.165, 1.54) is 18.2 Å². The van der Waals surface area contributed by atoms with Gasteiger partial charge in [0.2, 0.25) is 5.91 Å². The number of anilines is 1. The first-order chi connectivity index (χ1) is 11.1. The fraction of sp³-hybridized carbons (Fsp3) is 0.0588. The van der Waals surface area contributed by atoms with E-state index < -0.39 is 0 Å². The molecule has 0 aliphatic heterocycles. The number of halogens is 1. The molecule has 0 aliphatic rings. The van der Waals surface area contributed by atoms with Gasteiger partial charge in [-0.3, -0.25) is 10.1 Å². The molecule has 0 aromatic heterocycles. The van der Waals surface area contributed by atoms with Crippen molar-refractivity contribution in [2.24, 2.45) is 0 Å². The molecular formula is C17H15FN2O2S. The topological polar surface area (TPSA) is 50.4 Å². The molecule has 0 heterocycles. The molecule has 2 aromatic carbocycles. The lowest BCUT2D eigenvalue weighted by molar-refractivity contribution is -0.115. The molecular weight excluding hydrogens is 315 g/mol. The van der Waals surface area contributed by atoms with Gasteiger partial charge >= 0.3 is 0 Å². The van der Waals surface area contributed by atoms with Crippen molar-refractivity contribution in [3.8, 4) is 5.75 Å². The van der Waals surface area contributed by atoms with Crippen molar-refractivity contribution in [3.63, 3.8) is 0 Å². The van der Waals surface area contributed by atoms with Crippen LogP contribution in [-0.4, -0.2) is 18.1 Å². The summed E-state index contributed by atoms with van der Waals surface area (Å²) in [5.74, 6) is 0.0320. The number of benzene rings is 2. The van der Waals surface area contributed by atoms with Crippen molar-refractivity contribution < 1.29 is 13.9 Å². The largest absolute Gasteiger partial charge is 0.497 e. The van der Waals surface area contributed by atoms with Gasteiger partial charge in [0.25, 0.3) is 0 Å². The van der Waals surface area contributed by atoms with Gasteiger partial charge < -0.3 is 10.1 Å². The van der Waals surface area contributed by atoms with Gasteiger partial charge in [0.1, 0.15) is 11.6 Å². The molecule has 118 valence electrons. The lowest BCUT2D eigenvalue weighted by atomic mass is 10.2. The number of nitrogens with one attached hydrogen (secondary N) is 2. The Hall–Kier alpha value is -2.73. The summed E-state index contributed by atoms with van der Waals surface area (Å²) in [6, 6.07) is 12.9. The first kappa shape index (κ1) is 16.6. The lowest BCUT2D eigenvalue weighted by Gasteiger charge is -2.08. The highest BCUT2D eigenvalue weighted by Gasteiger charge is 2.02. The molecule has 6 heteroatoms. The zero-order chi connectivity index (χ0) is 16.7. The molecule has 2 aromatic rings. The highest BCUT2D eigenvalue weighted by Crippen LogP contribution is 2.14. The zero-order valence-corrected chi connectivity index (χ0v) is 13.2. The number of methoxy groups -OCH3 is 1. The Bertz CT molecular complexity index is 712. The molecule has 1 amide bonds. The van der Waals surface area contributed by atoms with Crippen LogP contribution >= 0.6 is 12.2 Å². The Kier molecular flexibility index (Phi) is 5.82. The minimum atomic E-state index is -0.375. The van der Waals surface area contributed by atoms with Gasteiger partial charge in [-0.2, -0.15) is 0 Å². The number of hydrogen-bond donors (Lipinski definition) is 2. The number of hydrogen-bond acceptors (Lipinski definition) is 3. The smallest absolute Gasteiger partial charge is 0.250 e. The Balaban J connectivity index is 1.86. The summed E-state index contributed by atoms with van der Waals surface area (Å²) in [5, 5.41) is 5.60. The van der Waals surface area contributed by atoms with Crippen LogP contribution in [0.15, 0.2) is 54.6 Å². The summed E-state index contributed by atoms with van der Waals surface area (Å²) in [7, 11) is 1.58. The van der Waals surface area contributed by atoms with Crippen LogP contribution in [0.3, 0.4) is 0 Å². The Morgan fingerprint density at radius 1 is 1.13 bits per heavy atom. The third kappa shape index (κ3) is 5.52. The number of amides is 1. The van der Waals surface area contributed by atoms with Crippen molar-refractivity contribution >= 4 is 35.0 Å². The molecule has 0 atom stereocenters. The molecule has 4 nitrogen and oxygen atoms in total. The summed E-state index contributed by atoms with van der Waals surface area (Å²) in [5.41, 5.74) is 1.45. The van der Waals surface area contributed by atoms with E-state index in [1.807, 2.05) is 0 Å². The molecule has 0 unspecified atom stereocenters. The van der Waals surface area contributed by atoms with Gasteiger partial charge in [-0.25, -0.2) is 4.39 Å². The highest BCUT2D eigenvalue weighted by molar-refractivity contribution is 7.80. The number of carbonyl (C=O) groups excluding carboxylic acids is 1. The van der Waals surface area contributed by atoms with Crippen LogP contribution in [0.2, 0.25) is 0 Å². The standard InChI is InChI=1S/C17H15FN2O2S/c1-22-15-9-7-14(8-10-15)19-17(23)20-16(21)11-4-12-2-5-13(18)6-3-12/h2-11H,1H3,(H2,19,20,21,23). The molecule has 2 N–H and O–H groups in total. The molecule has 0 fully saturated rings. The average molecular weight is 330 g/mol. The molecule has 0 spiro atoms. The van der Waals surface area contributed by atoms with Crippen LogP contribution in [0, 0.1) is 5.82 Å². The fourth-order valence-corrected chi connectivity index (χ4v) is 1.95. The molecule has 23 heavy (non-hydrogen) atoms. The third-order valence-corrected chi connectivity index (χ3v) is 3.09. The number of thiocarbonyl (C=S) groups is 1. The number of rotatable bonds is 4. The summed E-state index contributed by atoms with van der Waals surface area (Å²) in [6.07, 6.45) is 2.90. The van der Waals surface area contributed by atoms with E-state index in [0.29, 0.717) is 0 Å². The second kappa shape index (κ2) is 8.05. The van der Waals surface area contributed by atoms with Crippen LogP contribution in [0.1, 0.15) is 5.56 Å². The maximum Gasteiger partial charge on any atom is 0.250 e. The lowest BCUT2D eigenvalue weighted by Crippen LogP contribution is -2.32. The van der Waals surface area contributed by atoms with Crippen molar-refractivity contribution in [1.82, 2.24) is 5.32 Å². The molecule has 0 radical (unpaired) electrons. The first-order valence-corrected chi connectivity index (χ1v) is 7.17. The van der Waals surface area contributed by atoms with Gasteiger partial charge in [-0.05, 0) is 60.3 Å². The average Bonchev–Trinajstić information content (AvgIpc) is 2.55. The quantitative estimate of drug-likeness (QED) is 0.667. The third-order valence-electron chi connectivity index (χ3n) is 2.88. The molecule has 0 bridgehead atoms. The Labute approximate surface area is 139 Å². The first-order valence-electron chi connectivity index (χ1n) is 6.76. The summed E-state index contributed by atoms with van der Waals surface area (Å²) < 4.78 is 17.8. The Morgan fingerprint density at radius 2 is 1.78 bits per heavy atom. The van der Waals surface area contributed by atoms with E-state index in [0.717, 1.165) is 17.0 Å². The van der Waals surface area contributed by atoms with Crippen molar-refractivity contribution in [1.29, 1.82) is 0 Å². The van der Waals surface area contributed by atoms with Crippen LogP contribution in [0.5, 0.6) is 5.75 Å². The molecule has 0 saturated carbocycles. The SMILES string of the molecule is COc1ccc(NC(=S)NC(=O)C=Cc2ccc(F)cc2)cc1. The number of ether oxygens (including phenoxy) is 1. The van der Waals surface area contributed by atoms with E-state index in [1.54, 1.807) is 49.6 Å². The van der Waals surface area contributed by atoms with Gasteiger partial charge in [0.05, 0.1) is 7.11 Å². The maximum absolute atomic E-state index is 12.8. The van der Waals surface area contributed by atoms with Gasteiger partial charge in [0, 0.05) is 11.8 Å². The minimum absolute atomic E-state index is 0.184. The second-order valence-corrected chi connectivity index (χ2v) is 4.97. The van der Waals surface area contributed by atoms with E-state index in [9.17, 15) is 9.18 Å². The van der Waals surface area contributed by atoms with Crippen molar-refractivity contribution in [2.75, 3.05) is 12.4 Å².